The van der Waals surface area contributed by atoms with Crippen LogP contribution in [0.4, 0.5) is 5.69 Å². The summed E-state index contributed by atoms with van der Waals surface area (Å²) in [6, 6.07) is 12.2. The van der Waals surface area contributed by atoms with E-state index in [0.29, 0.717) is 16.9 Å². The number of benzene rings is 2. The minimum absolute atomic E-state index is 0.558. The van der Waals surface area contributed by atoms with E-state index in [1.807, 2.05) is 25.1 Å². The molecule has 4 nitrogen and oxygen atoms in total. The van der Waals surface area contributed by atoms with Gasteiger partial charge in [0.25, 0.3) is 0 Å². The van der Waals surface area contributed by atoms with Gasteiger partial charge in [-0.2, -0.15) is 0 Å². The molecule has 4 aromatic rings. The van der Waals surface area contributed by atoms with Crippen LogP contribution in [0, 0.1) is 13.8 Å². The number of hydrogen-bond acceptors (Lipinski definition) is 5. The highest BCUT2D eigenvalue weighted by Crippen LogP contribution is 2.29. The maximum atomic E-state index is 5.98. The van der Waals surface area contributed by atoms with Crippen LogP contribution in [0.15, 0.2) is 47.0 Å². The van der Waals surface area contributed by atoms with Gasteiger partial charge in [-0.05, 0) is 43.7 Å². The van der Waals surface area contributed by atoms with Crippen molar-refractivity contribution in [1.29, 1.82) is 0 Å². The van der Waals surface area contributed by atoms with Crippen LogP contribution in [0.25, 0.3) is 22.6 Å². The van der Waals surface area contributed by atoms with E-state index >= 15 is 0 Å². The fourth-order valence-corrected chi connectivity index (χ4v) is 3.59. The van der Waals surface area contributed by atoms with Gasteiger partial charge in [-0.3, -0.25) is 0 Å². The third kappa shape index (κ3) is 3.38. The predicted octanol–water partition coefficient (Wildman–Crippen LogP) is 5.83. The Bertz CT molecular complexity index is 1040. The van der Waals surface area contributed by atoms with Crippen LogP contribution >= 0.6 is 22.9 Å². The van der Waals surface area contributed by atoms with Crippen LogP contribution in [0.2, 0.25) is 4.47 Å². The van der Waals surface area contributed by atoms with Gasteiger partial charge in [-0.15, -0.1) is 11.3 Å². The maximum absolute atomic E-state index is 5.98. The molecule has 0 bridgehead atoms. The number of oxazole rings is 1. The summed E-state index contributed by atoms with van der Waals surface area (Å²) >= 11 is 7.35. The minimum atomic E-state index is 0.558. The Morgan fingerprint density at radius 2 is 1.96 bits per heavy atom. The molecule has 0 unspecified atom stereocenters. The highest BCUT2D eigenvalue weighted by Gasteiger charge is 2.11. The molecule has 0 aliphatic carbocycles. The molecule has 0 spiro atoms. The molecule has 0 saturated carbocycles. The summed E-state index contributed by atoms with van der Waals surface area (Å²) in [5, 5.41) is 3.39. The first kappa shape index (κ1) is 16.1. The zero-order chi connectivity index (χ0) is 17.4. The molecular weight excluding hydrogens is 354 g/mol. The fourth-order valence-electron chi connectivity index (χ4n) is 2.68. The Morgan fingerprint density at radius 1 is 1.16 bits per heavy atom. The molecule has 126 valence electrons. The van der Waals surface area contributed by atoms with Crippen LogP contribution in [-0.2, 0) is 6.54 Å². The van der Waals surface area contributed by atoms with Crippen LogP contribution < -0.4 is 5.32 Å². The van der Waals surface area contributed by atoms with E-state index in [0.717, 1.165) is 32.8 Å². The van der Waals surface area contributed by atoms with Gasteiger partial charge >= 0.3 is 0 Å². The summed E-state index contributed by atoms with van der Waals surface area (Å²) in [6.07, 6.45) is 1.79. The normalized spacial score (nSPS) is 11.2. The molecule has 2 aromatic carbocycles. The van der Waals surface area contributed by atoms with Crippen molar-refractivity contribution in [3.05, 3.63) is 63.1 Å². The Hall–Kier alpha value is -2.37. The number of aryl methyl sites for hydroxylation is 2. The van der Waals surface area contributed by atoms with Crippen LogP contribution in [-0.4, -0.2) is 9.97 Å². The molecular formula is C19H16ClN3OS. The van der Waals surface area contributed by atoms with Crippen molar-refractivity contribution in [2.45, 2.75) is 20.4 Å². The third-order valence-electron chi connectivity index (χ3n) is 3.97. The van der Waals surface area contributed by atoms with Gasteiger partial charge in [0.2, 0.25) is 5.89 Å². The van der Waals surface area contributed by atoms with Gasteiger partial charge < -0.3 is 9.73 Å². The topological polar surface area (TPSA) is 51.0 Å². The lowest BCUT2D eigenvalue weighted by atomic mass is 10.1. The van der Waals surface area contributed by atoms with Gasteiger partial charge in [-0.25, -0.2) is 9.97 Å². The molecule has 4 rings (SSSR count). The van der Waals surface area contributed by atoms with E-state index in [1.54, 1.807) is 6.20 Å². The minimum Gasteiger partial charge on any atom is -0.436 e. The second kappa shape index (κ2) is 6.50. The van der Waals surface area contributed by atoms with Crippen molar-refractivity contribution >= 4 is 39.7 Å². The number of nitrogens with one attached hydrogen (secondary N) is 1. The fraction of sp³-hybridized carbons (Fsp3) is 0.158. The van der Waals surface area contributed by atoms with Gasteiger partial charge in [0.15, 0.2) is 10.0 Å². The Kier molecular flexibility index (Phi) is 4.19. The number of halogens is 1. The van der Waals surface area contributed by atoms with E-state index in [-0.39, 0.29) is 0 Å². The number of thiazole rings is 1. The summed E-state index contributed by atoms with van der Waals surface area (Å²) in [6.45, 7) is 4.77. The first-order chi connectivity index (χ1) is 12.1. The molecule has 0 aliphatic rings. The summed E-state index contributed by atoms with van der Waals surface area (Å²) in [5.74, 6) is 0.643. The molecule has 25 heavy (non-hydrogen) atoms. The second-order valence-corrected chi connectivity index (χ2v) is 7.66. The van der Waals surface area contributed by atoms with Gasteiger partial charge in [0, 0.05) is 22.3 Å². The molecule has 6 heteroatoms. The standard InChI is InChI=1S/C19H16ClN3OS/c1-11-3-5-13(6-4-11)18-23-16-8-14(7-12(2)17(16)24-18)21-9-15-10-22-19(20)25-15/h3-8,10,21H,9H2,1-2H3. The Balaban J connectivity index is 1.63. The summed E-state index contributed by atoms with van der Waals surface area (Å²) < 4.78 is 6.54. The molecule has 0 saturated heterocycles. The van der Waals surface area contributed by atoms with Gasteiger partial charge in [0.05, 0.1) is 6.54 Å². The summed E-state index contributed by atoms with van der Waals surface area (Å²) in [4.78, 5) is 9.80. The van der Waals surface area contributed by atoms with Crippen molar-refractivity contribution in [1.82, 2.24) is 9.97 Å². The average molecular weight is 370 g/mol. The summed E-state index contributed by atoms with van der Waals surface area (Å²) in [5.41, 5.74) is 5.91. The van der Waals surface area contributed by atoms with Crippen molar-refractivity contribution in [3.63, 3.8) is 0 Å². The molecule has 0 fully saturated rings. The number of hydrogen-bond donors (Lipinski definition) is 1. The van der Waals surface area contributed by atoms with Gasteiger partial charge in [0.1, 0.15) is 5.52 Å². The second-order valence-electron chi connectivity index (χ2n) is 5.96. The van der Waals surface area contributed by atoms with Crippen LogP contribution in [0.1, 0.15) is 16.0 Å². The number of rotatable bonds is 4. The van der Waals surface area contributed by atoms with Crippen molar-refractivity contribution in [2.75, 3.05) is 5.32 Å². The van der Waals surface area contributed by atoms with Crippen molar-refractivity contribution in [2.24, 2.45) is 0 Å². The number of anilines is 1. The van der Waals surface area contributed by atoms with Crippen molar-refractivity contribution in [3.8, 4) is 11.5 Å². The number of nitrogens with zero attached hydrogens (tertiary/aromatic N) is 2. The zero-order valence-corrected chi connectivity index (χ0v) is 15.4. The molecule has 0 amide bonds. The quantitative estimate of drug-likeness (QED) is 0.491. The van der Waals surface area contributed by atoms with Crippen LogP contribution in [0.5, 0.6) is 0 Å². The van der Waals surface area contributed by atoms with E-state index in [9.17, 15) is 0 Å². The predicted molar refractivity (Wildman–Crippen MR) is 103 cm³/mol. The first-order valence-corrected chi connectivity index (χ1v) is 9.10. The Morgan fingerprint density at radius 3 is 2.68 bits per heavy atom. The highest BCUT2D eigenvalue weighted by atomic mass is 35.5. The molecule has 0 aliphatic heterocycles. The van der Waals surface area contributed by atoms with E-state index in [4.69, 9.17) is 16.0 Å². The van der Waals surface area contributed by atoms with Crippen LogP contribution in [0.3, 0.4) is 0 Å². The number of fused-ring (bicyclic) bond motifs is 1. The van der Waals surface area contributed by atoms with E-state index in [1.165, 1.54) is 16.9 Å². The molecule has 2 heterocycles. The Labute approximate surface area is 154 Å². The largest absolute Gasteiger partial charge is 0.436 e. The molecule has 0 radical (unpaired) electrons. The third-order valence-corrected chi connectivity index (χ3v) is 5.08. The lowest BCUT2D eigenvalue weighted by Crippen LogP contribution is -1.97. The molecule has 0 atom stereocenters. The van der Waals surface area contributed by atoms with E-state index < -0.39 is 0 Å². The smallest absolute Gasteiger partial charge is 0.227 e. The average Bonchev–Trinajstić information content (AvgIpc) is 3.20. The lowest BCUT2D eigenvalue weighted by Gasteiger charge is -2.05. The number of aromatic nitrogens is 2. The molecule has 1 N–H and O–H groups in total. The first-order valence-electron chi connectivity index (χ1n) is 7.91. The summed E-state index contributed by atoms with van der Waals surface area (Å²) in [7, 11) is 0. The molecule has 2 aromatic heterocycles. The zero-order valence-electron chi connectivity index (χ0n) is 13.8. The lowest BCUT2D eigenvalue weighted by molar-refractivity contribution is 0.617. The highest BCUT2D eigenvalue weighted by molar-refractivity contribution is 7.15. The maximum Gasteiger partial charge on any atom is 0.227 e. The van der Waals surface area contributed by atoms with E-state index in [2.05, 4.69) is 40.4 Å². The SMILES string of the molecule is Cc1ccc(-c2nc3cc(NCc4cnc(Cl)s4)cc(C)c3o2)cc1. The monoisotopic (exact) mass is 369 g/mol. The van der Waals surface area contributed by atoms with Crippen molar-refractivity contribution < 1.29 is 4.42 Å². The van der Waals surface area contributed by atoms with Gasteiger partial charge in [-0.1, -0.05) is 29.3 Å².